The van der Waals surface area contributed by atoms with E-state index in [-0.39, 0.29) is 5.88 Å². The van der Waals surface area contributed by atoms with Crippen LogP contribution in [0.2, 0.25) is 5.15 Å². The Morgan fingerprint density at radius 3 is 2.92 bits per heavy atom. The van der Waals surface area contributed by atoms with Gasteiger partial charge in [0.25, 0.3) is 0 Å². The van der Waals surface area contributed by atoms with Crippen LogP contribution in [0.1, 0.15) is 0 Å². The van der Waals surface area contributed by atoms with E-state index in [0.717, 1.165) is 0 Å². The summed E-state index contributed by atoms with van der Waals surface area (Å²) in [7, 11) is 0. The van der Waals surface area contributed by atoms with Gasteiger partial charge < -0.3 is 10.3 Å². The Morgan fingerprint density at radius 1 is 1.46 bits per heavy atom. The van der Waals surface area contributed by atoms with E-state index in [9.17, 15) is 0 Å². The maximum atomic E-state index is 5.83. The number of aromatic nitrogens is 2. The number of halogens is 1. The molecule has 0 aliphatic heterocycles. The summed E-state index contributed by atoms with van der Waals surface area (Å²) in [6.07, 6.45) is 1.61. The minimum absolute atomic E-state index is 0.259. The summed E-state index contributed by atoms with van der Waals surface area (Å²) in [5, 5.41) is 4.11. The lowest BCUT2D eigenvalue weighted by Crippen LogP contribution is -1.81. The number of pyridine rings is 1. The van der Waals surface area contributed by atoms with Crippen LogP contribution in [0, 0.1) is 0 Å². The van der Waals surface area contributed by atoms with Crippen LogP contribution < -0.4 is 5.73 Å². The Balaban J connectivity index is 2.52. The Labute approximate surface area is 79.3 Å². The van der Waals surface area contributed by atoms with Gasteiger partial charge in [-0.25, -0.2) is 4.98 Å². The molecule has 0 unspecified atom stereocenters. The SMILES string of the molecule is Nc1cc(-c2cccnc2Cl)no1. The molecule has 0 radical (unpaired) electrons. The second-order valence-corrected chi connectivity index (χ2v) is 2.81. The minimum Gasteiger partial charge on any atom is -0.368 e. The molecule has 66 valence electrons. The highest BCUT2D eigenvalue weighted by molar-refractivity contribution is 6.32. The first-order valence-corrected chi connectivity index (χ1v) is 3.98. The molecule has 2 aromatic heterocycles. The summed E-state index contributed by atoms with van der Waals surface area (Å²) in [6.45, 7) is 0. The van der Waals surface area contributed by atoms with E-state index in [1.54, 1.807) is 24.4 Å². The molecule has 4 nitrogen and oxygen atoms in total. The fraction of sp³-hybridized carbons (Fsp3) is 0. The maximum absolute atomic E-state index is 5.83. The van der Waals surface area contributed by atoms with Gasteiger partial charge in [-0.15, -0.1) is 0 Å². The van der Waals surface area contributed by atoms with Crippen molar-refractivity contribution in [1.29, 1.82) is 0 Å². The summed E-state index contributed by atoms with van der Waals surface area (Å²) >= 11 is 5.83. The van der Waals surface area contributed by atoms with Gasteiger partial charge in [-0.1, -0.05) is 16.8 Å². The largest absolute Gasteiger partial charge is 0.368 e. The molecule has 13 heavy (non-hydrogen) atoms. The summed E-state index contributed by atoms with van der Waals surface area (Å²) in [5.74, 6) is 0.259. The summed E-state index contributed by atoms with van der Waals surface area (Å²) in [6, 6.07) is 5.17. The van der Waals surface area contributed by atoms with E-state index in [1.807, 2.05) is 0 Å². The van der Waals surface area contributed by atoms with Gasteiger partial charge in [-0.05, 0) is 12.1 Å². The molecule has 0 aromatic carbocycles. The van der Waals surface area contributed by atoms with Gasteiger partial charge >= 0.3 is 0 Å². The van der Waals surface area contributed by atoms with Crippen LogP contribution in [0.5, 0.6) is 0 Å². The first-order chi connectivity index (χ1) is 6.27. The normalized spacial score (nSPS) is 10.2. The lowest BCUT2D eigenvalue weighted by Gasteiger charge is -1.95. The van der Waals surface area contributed by atoms with Gasteiger partial charge in [0.1, 0.15) is 10.8 Å². The smallest absolute Gasteiger partial charge is 0.222 e. The van der Waals surface area contributed by atoms with Gasteiger partial charge in [0.2, 0.25) is 5.88 Å². The Morgan fingerprint density at radius 2 is 2.31 bits per heavy atom. The van der Waals surface area contributed by atoms with Crippen molar-refractivity contribution >= 4 is 17.5 Å². The van der Waals surface area contributed by atoms with E-state index in [4.69, 9.17) is 21.9 Å². The lowest BCUT2D eigenvalue weighted by molar-refractivity contribution is 0.439. The number of nitrogen functional groups attached to an aromatic ring is 1. The molecule has 0 aliphatic rings. The topological polar surface area (TPSA) is 64.9 Å². The highest BCUT2D eigenvalue weighted by Gasteiger charge is 2.07. The van der Waals surface area contributed by atoms with Crippen LogP contribution in [-0.2, 0) is 0 Å². The molecule has 2 heterocycles. The molecular formula is C8H6ClN3O. The van der Waals surface area contributed by atoms with Crippen molar-refractivity contribution in [2.75, 3.05) is 5.73 Å². The highest BCUT2D eigenvalue weighted by atomic mass is 35.5. The summed E-state index contributed by atoms with van der Waals surface area (Å²) < 4.78 is 4.72. The summed E-state index contributed by atoms with van der Waals surface area (Å²) in [4.78, 5) is 3.91. The third-order valence-corrected chi connectivity index (χ3v) is 1.86. The van der Waals surface area contributed by atoms with Crippen LogP contribution in [0.4, 0.5) is 5.88 Å². The zero-order valence-electron chi connectivity index (χ0n) is 6.57. The molecule has 0 fully saturated rings. The van der Waals surface area contributed by atoms with Gasteiger partial charge in [-0.2, -0.15) is 0 Å². The van der Waals surface area contributed by atoms with Crippen molar-refractivity contribution in [2.45, 2.75) is 0 Å². The van der Waals surface area contributed by atoms with E-state index in [1.165, 1.54) is 0 Å². The van der Waals surface area contributed by atoms with Crippen molar-refractivity contribution in [3.05, 3.63) is 29.5 Å². The predicted octanol–water partition coefficient (Wildman–Crippen LogP) is 1.97. The van der Waals surface area contributed by atoms with Crippen molar-refractivity contribution < 1.29 is 4.52 Å². The van der Waals surface area contributed by atoms with Crippen molar-refractivity contribution in [2.24, 2.45) is 0 Å². The standard InChI is InChI=1S/C8H6ClN3O/c9-8-5(2-1-3-11-8)6-4-7(10)13-12-6/h1-4H,10H2. The number of hydrogen-bond donors (Lipinski definition) is 1. The van der Waals surface area contributed by atoms with Crippen LogP contribution in [0.3, 0.4) is 0 Å². The molecule has 2 N–H and O–H groups in total. The zero-order valence-corrected chi connectivity index (χ0v) is 7.32. The molecule has 0 atom stereocenters. The number of rotatable bonds is 1. The third-order valence-electron chi connectivity index (χ3n) is 1.56. The average molecular weight is 196 g/mol. The maximum Gasteiger partial charge on any atom is 0.222 e. The van der Waals surface area contributed by atoms with E-state index < -0.39 is 0 Å². The lowest BCUT2D eigenvalue weighted by atomic mass is 10.2. The van der Waals surface area contributed by atoms with Crippen LogP contribution >= 0.6 is 11.6 Å². The third kappa shape index (κ3) is 1.48. The van der Waals surface area contributed by atoms with E-state index in [0.29, 0.717) is 16.4 Å². The molecular weight excluding hydrogens is 190 g/mol. The summed E-state index contributed by atoms with van der Waals surface area (Å²) in [5.41, 5.74) is 6.68. The molecule has 0 spiro atoms. The second-order valence-electron chi connectivity index (χ2n) is 2.46. The Bertz CT molecular complexity index is 427. The molecule has 2 rings (SSSR count). The number of nitrogens with zero attached hydrogens (tertiary/aromatic N) is 2. The molecule has 0 saturated heterocycles. The quantitative estimate of drug-likeness (QED) is 0.707. The van der Waals surface area contributed by atoms with Gasteiger partial charge in [-0.3, -0.25) is 0 Å². The fourth-order valence-corrected chi connectivity index (χ4v) is 1.21. The van der Waals surface area contributed by atoms with Gasteiger partial charge in [0.05, 0.1) is 0 Å². The predicted molar refractivity (Wildman–Crippen MR) is 49.2 cm³/mol. The van der Waals surface area contributed by atoms with Crippen LogP contribution in [0.25, 0.3) is 11.3 Å². The van der Waals surface area contributed by atoms with Crippen LogP contribution in [0.15, 0.2) is 28.9 Å². The monoisotopic (exact) mass is 195 g/mol. The molecule has 2 aromatic rings. The Hall–Kier alpha value is -1.55. The molecule has 0 bridgehead atoms. The van der Waals surface area contributed by atoms with Crippen LogP contribution in [-0.4, -0.2) is 10.1 Å². The molecule has 0 saturated carbocycles. The van der Waals surface area contributed by atoms with E-state index in [2.05, 4.69) is 10.1 Å². The average Bonchev–Trinajstić information content (AvgIpc) is 2.53. The number of hydrogen-bond acceptors (Lipinski definition) is 4. The molecule has 5 heteroatoms. The van der Waals surface area contributed by atoms with Crippen molar-refractivity contribution in [3.8, 4) is 11.3 Å². The number of nitrogens with two attached hydrogens (primary N) is 1. The molecule has 0 amide bonds. The fourth-order valence-electron chi connectivity index (χ4n) is 0.993. The number of anilines is 1. The first-order valence-electron chi connectivity index (χ1n) is 3.60. The zero-order chi connectivity index (χ0) is 9.26. The second kappa shape index (κ2) is 3.06. The Kier molecular flexibility index (Phi) is 1.90. The first kappa shape index (κ1) is 8.07. The minimum atomic E-state index is 0.259. The molecule has 0 aliphatic carbocycles. The van der Waals surface area contributed by atoms with Gasteiger partial charge in [0, 0.05) is 17.8 Å². The van der Waals surface area contributed by atoms with Crippen molar-refractivity contribution in [3.63, 3.8) is 0 Å². The van der Waals surface area contributed by atoms with Gasteiger partial charge in [0.15, 0.2) is 0 Å². The van der Waals surface area contributed by atoms with Crippen molar-refractivity contribution in [1.82, 2.24) is 10.1 Å². The highest BCUT2D eigenvalue weighted by Crippen LogP contribution is 2.25. The van der Waals surface area contributed by atoms with E-state index >= 15 is 0 Å².